The van der Waals surface area contributed by atoms with Crippen LogP contribution in [-0.2, 0) is 16.0 Å². The highest BCUT2D eigenvalue weighted by Crippen LogP contribution is 2.32. The van der Waals surface area contributed by atoms with Gasteiger partial charge in [-0.25, -0.2) is 4.98 Å². The number of carbonyl (C=O) groups excluding carboxylic acids is 4. The van der Waals surface area contributed by atoms with Gasteiger partial charge in [-0.1, -0.05) is 6.07 Å². The number of ether oxygens (including phenoxy) is 2. The summed E-state index contributed by atoms with van der Waals surface area (Å²) in [6, 6.07) is 8.05. The van der Waals surface area contributed by atoms with Crippen LogP contribution in [0.3, 0.4) is 0 Å². The number of benzene rings is 1. The zero-order valence-corrected chi connectivity index (χ0v) is 26.5. The smallest absolute Gasteiger partial charge is 0.273 e. The van der Waals surface area contributed by atoms with E-state index >= 15 is 0 Å². The Morgan fingerprint density at radius 2 is 1.91 bits per heavy atom. The molecule has 0 aliphatic carbocycles. The first-order valence-electron chi connectivity index (χ1n) is 14.8. The van der Waals surface area contributed by atoms with Crippen LogP contribution in [0.15, 0.2) is 41.1 Å². The second-order valence-corrected chi connectivity index (χ2v) is 12.9. The van der Waals surface area contributed by atoms with Gasteiger partial charge in [-0.15, -0.1) is 22.7 Å². The van der Waals surface area contributed by atoms with Crippen LogP contribution in [-0.4, -0.2) is 90.4 Å². The molecule has 13 heteroatoms. The summed E-state index contributed by atoms with van der Waals surface area (Å²) in [5.74, 6) is 0.00419. The Hall–Kier alpha value is -3.97. The summed E-state index contributed by atoms with van der Waals surface area (Å²) in [5.41, 5.74) is 0.805. The number of rotatable bonds is 4. The van der Waals surface area contributed by atoms with Crippen LogP contribution in [0.2, 0.25) is 0 Å². The molecule has 1 aromatic carbocycles. The highest BCUT2D eigenvalue weighted by atomic mass is 32.1. The number of nitrogens with one attached hydrogen (secondary N) is 2. The van der Waals surface area contributed by atoms with Crippen LogP contribution in [0.5, 0.6) is 11.5 Å². The molecule has 4 heterocycles. The van der Waals surface area contributed by atoms with Crippen molar-refractivity contribution in [3.05, 3.63) is 62.2 Å². The second kappa shape index (κ2) is 14.7. The number of aryl methyl sites for hydroxylation is 1. The lowest BCUT2D eigenvalue weighted by atomic mass is 10.1. The maximum absolute atomic E-state index is 13.4. The van der Waals surface area contributed by atoms with Crippen molar-refractivity contribution in [2.75, 3.05) is 39.8 Å². The van der Waals surface area contributed by atoms with Gasteiger partial charge < -0.3 is 29.9 Å². The number of carbonyl (C=O) groups is 4. The van der Waals surface area contributed by atoms with E-state index < -0.39 is 12.1 Å². The van der Waals surface area contributed by atoms with Gasteiger partial charge in [0.1, 0.15) is 17.8 Å². The van der Waals surface area contributed by atoms with E-state index in [1.807, 2.05) is 24.4 Å². The van der Waals surface area contributed by atoms with Gasteiger partial charge in [0.15, 0.2) is 11.5 Å². The molecular formula is C31H37N5O6S2. The highest BCUT2D eigenvalue weighted by molar-refractivity contribution is 7.10. The van der Waals surface area contributed by atoms with E-state index in [9.17, 15) is 19.2 Å². The van der Waals surface area contributed by atoms with E-state index in [-0.39, 0.29) is 36.6 Å². The first kappa shape index (κ1) is 31.5. The van der Waals surface area contributed by atoms with Gasteiger partial charge in [-0.2, -0.15) is 0 Å². The number of likely N-dealkylation sites (tertiary alicyclic amines) is 1. The summed E-state index contributed by atoms with van der Waals surface area (Å²) in [7, 11) is 1.52. The number of amides is 4. The fourth-order valence-electron chi connectivity index (χ4n) is 5.43. The molecule has 2 atom stereocenters. The minimum atomic E-state index is -0.696. The van der Waals surface area contributed by atoms with Gasteiger partial charge in [-0.3, -0.25) is 19.2 Å². The molecule has 4 bridgehead atoms. The maximum Gasteiger partial charge on any atom is 0.273 e. The molecule has 1 fully saturated rings. The first-order valence-corrected chi connectivity index (χ1v) is 16.5. The van der Waals surface area contributed by atoms with Gasteiger partial charge in [-0.05, 0) is 55.8 Å². The van der Waals surface area contributed by atoms with Crippen molar-refractivity contribution in [2.45, 2.75) is 51.2 Å². The summed E-state index contributed by atoms with van der Waals surface area (Å²) < 4.78 is 11.8. The third-order valence-corrected chi connectivity index (χ3v) is 9.33. The number of hydrogen-bond acceptors (Lipinski definition) is 9. The Balaban J connectivity index is 1.36. The van der Waals surface area contributed by atoms with Crippen LogP contribution >= 0.6 is 22.7 Å². The molecule has 44 heavy (non-hydrogen) atoms. The Bertz CT molecular complexity index is 1480. The number of methoxy groups -OCH3 is 1. The molecule has 4 amide bonds. The zero-order chi connectivity index (χ0) is 31.1. The molecule has 3 aromatic rings. The Labute approximate surface area is 264 Å². The van der Waals surface area contributed by atoms with Crippen molar-refractivity contribution >= 4 is 46.3 Å². The summed E-state index contributed by atoms with van der Waals surface area (Å²) in [6.07, 6.45) is 1.93. The number of thiazole rings is 1. The lowest BCUT2D eigenvalue weighted by Gasteiger charge is -2.24. The monoisotopic (exact) mass is 639 g/mol. The number of aromatic nitrogens is 1. The fourth-order valence-corrected chi connectivity index (χ4v) is 6.71. The van der Waals surface area contributed by atoms with E-state index in [1.54, 1.807) is 33.4 Å². The van der Waals surface area contributed by atoms with Crippen LogP contribution in [0.25, 0.3) is 0 Å². The molecule has 1 saturated heterocycles. The molecule has 0 unspecified atom stereocenters. The molecule has 5 rings (SSSR count). The number of thiophene rings is 1. The van der Waals surface area contributed by atoms with Crippen LogP contribution in [0.1, 0.15) is 56.4 Å². The second-order valence-electron chi connectivity index (χ2n) is 10.8. The van der Waals surface area contributed by atoms with Crippen LogP contribution in [0, 0.1) is 6.92 Å². The minimum Gasteiger partial charge on any atom is -0.493 e. The van der Waals surface area contributed by atoms with Crippen molar-refractivity contribution in [1.82, 2.24) is 25.4 Å². The predicted molar refractivity (Wildman–Crippen MR) is 167 cm³/mol. The normalized spacial score (nSPS) is 20.0. The third kappa shape index (κ3) is 7.75. The molecule has 2 aliphatic rings. The lowest BCUT2D eigenvalue weighted by molar-refractivity contribution is -0.138. The summed E-state index contributed by atoms with van der Waals surface area (Å²) in [6.45, 7) is 3.82. The average molecular weight is 640 g/mol. The number of fused-ring (bicyclic) bond motifs is 4. The molecule has 2 N–H and O–H groups in total. The van der Waals surface area contributed by atoms with E-state index in [0.717, 1.165) is 9.88 Å². The molecule has 11 nitrogen and oxygen atoms in total. The van der Waals surface area contributed by atoms with Gasteiger partial charge in [0, 0.05) is 48.4 Å². The molecular weight excluding hydrogens is 603 g/mol. The average Bonchev–Trinajstić information content (AvgIpc) is 3.79. The van der Waals surface area contributed by atoms with Gasteiger partial charge >= 0.3 is 0 Å². The minimum absolute atomic E-state index is 0.146. The van der Waals surface area contributed by atoms with E-state index in [4.69, 9.17) is 9.47 Å². The van der Waals surface area contributed by atoms with E-state index in [0.29, 0.717) is 74.6 Å². The van der Waals surface area contributed by atoms with Crippen molar-refractivity contribution in [2.24, 2.45) is 0 Å². The van der Waals surface area contributed by atoms with Gasteiger partial charge in [0.05, 0.1) is 25.1 Å². The maximum atomic E-state index is 13.4. The Morgan fingerprint density at radius 3 is 2.66 bits per heavy atom. The van der Waals surface area contributed by atoms with Gasteiger partial charge in [0.25, 0.3) is 11.8 Å². The summed E-state index contributed by atoms with van der Waals surface area (Å²) >= 11 is 2.93. The molecule has 2 aliphatic heterocycles. The molecule has 0 radical (unpaired) electrons. The van der Waals surface area contributed by atoms with Crippen molar-refractivity contribution in [1.29, 1.82) is 0 Å². The summed E-state index contributed by atoms with van der Waals surface area (Å²) in [4.78, 5) is 61.7. The standard InChI is InChI=1S/C31H37N5O6S2/c1-20-34-24(19-44-20)31(40)35-12-4-3-10-33-30(39)25-16-22(18-36(25)28(37)17-23-7-5-14-43-23)42-27-15-21(8-9-26(27)41-2)29(38)32-11-6-13-35/h5,7-9,14-15,19,22,25H,3-4,6,10-13,16-18H2,1-2H3,(H,32,38)(H,33,39)/t22-,25-/m0/s1. The summed E-state index contributed by atoms with van der Waals surface area (Å²) in [5, 5.41) is 10.4. The Kier molecular flexibility index (Phi) is 10.5. The van der Waals surface area contributed by atoms with E-state index in [2.05, 4.69) is 15.6 Å². The van der Waals surface area contributed by atoms with Crippen molar-refractivity contribution in [3.8, 4) is 11.5 Å². The quantitative estimate of drug-likeness (QED) is 0.448. The molecule has 234 valence electrons. The van der Waals surface area contributed by atoms with E-state index in [1.165, 1.54) is 29.8 Å². The van der Waals surface area contributed by atoms with Crippen LogP contribution < -0.4 is 20.1 Å². The molecule has 2 aromatic heterocycles. The Morgan fingerprint density at radius 1 is 1.09 bits per heavy atom. The van der Waals surface area contributed by atoms with Crippen molar-refractivity contribution < 1.29 is 28.7 Å². The molecule has 0 saturated carbocycles. The third-order valence-electron chi connectivity index (χ3n) is 7.68. The lowest BCUT2D eigenvalue weighted by Crippen LogP contribution is -2.46. The predicted octanol–water partition coefficient (Wildman–Crippen LogP) is 3.28. The molecule has 0 spiro atoms. The topological polar surface area (TPSA) is 130 Å². The zero-order valence-electron chi connectivity index (χ0n) is 24.9. The van der Waals surface area contributed by atoms with Crippen LogP contribution in [0.4, 0.5) is 0 Å². The van der Waals surface area contributed by atoms with Gasteiger partial charge in [0.2, 0.25) is 11.8 Å². The first-order chi connectivity index (χ1) is 21.3. The SMILES string of the molecule is COc1ccc2cc1O[C@H]1C[C@@H](C(=O)NCCCCN(C(=O)c3csc(C)n3)CCCNC2=O)N(C(=O)Cc2cccs2)C1. The number of nitrogens with zero attached hydrogens (tertiary/aromatic N) is 3. The highest BCUT2D eigenvalue weighted by Gasteiger charge is 2.41. The fraction of sp³-hybridized carbons (Fsp3) is 0.452. The largest absolute Gasteiger partial charge is 0.493 e. The number of hydrogen-bond donors (Lipinski definition) is 2. The van der Waals surface area contributed by atoms with Crippen molar-refractivity contribution in [3.63, 3.8) is 0 Å².